The van der Waals surface area contributed by atoms with Gasteiger partial charge in [0.05, 0.1) is 12.1 Å². The molecule has 0 aliphatic carbocycles. The first-order valence-corrected chi connectivity index (χ1v) is 8.51. The summed E-state index contributed by atoms with van der Waals surface area (Å²) in [6.45, 7) is 0.0736. The second-order valence-corrected chi connectivity index (χ2v) is 6.46. The molecule has 0 spiro atoms. The molecule has 2 aromatic carbocycles. The Morgan fingerprint density at radius 3 is 2.69 bits per heavy atom. The van der Waals surface area contributed by atoms with Gasteiger partial charge in [-0.2, -0.15) is 0 Å². The van der Waals surface area contributed by atoms with Crippen LogP contribution in [0.4, 0.5) is 8.78 Å². The zero-order valence-corrected chi connectivity index (χ0v) is 15.0. The summed E-state index contributed by atoms with van der Waals surface area (Å²) >= 11 is 3.34. The Balaban J connectivity index is 1.52. The van der Waals surface area contributed by atoms with Gasteiger partial charge in [-0.25, -0.2) is 13.8 Å². The summed E-state index contributed by atoms with van der Waals surface area (Å²) in [4.78, 5) is 28.0. The van der Waals surface area contributed by atoms with Crippen LogP contribution in [0, 0.1) is 11.6 Å². The second kappa shape index (κ2) is 7.74. The molecular formula is C18H13BrF2N2O3. The molecule has 0 unspecified atom stereocenters. The monoisotopic (exact) mass is 422 g/mol. The van der Waals surface area contributed by atoms with Crippen LogP contribution >= 0.6 is 15.9 Å². The molecule has 1 amide bonds. The summed E-state index contributed by atoms with van der Waals surface area (Å²) in [5.41, 5.74) is 1.02. The van der Waals surface area contributed by atoms with Crippen LogP contribution in [-0.4, -0.2) is 16.7 Å². The quantitative estimate of drug-likeness (QED) is 0.605. The van der Waals surface area contributed by atoms with Crippen LogP contribution in [0.15, 0.2) is 45.3 Å². The van der Waals surface area contributed by atoms with Gasteiger partial charge in [0.1, 0.15) is 17.2 Å². The van der Waals surface area contributed by atoms with E-state index in [0.717, 1.165) is 16.6 Å². The van der Waals surface area contributed by atoms with E-state index in [1.165, 1.54) is 0 Å². The molecule has 0 aliphatic rings. The molecule has 1 N–H and O–H groups in total. The zero-order valence-electron chi connectivity index (χ0n) is 13.4. The van der Waals surface area contributed by atoms with Crippen molar-refractivity contribution < 1.29 is 22.8 Å². The van der Waals surface area contributed by atoms with Crippen LogP contribution in [0.3, 0.4) is 0 Å². The Bertz CT molecular complexity index is 988. The maximum absolute atomic E-state index is 13.5. The summed E-state index contributed by atoms with van der Waals surface area (Å²) in [5.74, 6) is -2.33. The highest BCUT2D eigenvalue weighted by Crippen LogP contribution is 2.20. The van der Waals surface area contributed by atoms with Crippen molar-refractivity contribution >= 4 is 38.7 Å². The third kappa shape index (κ3) is 4.32. The Morgan fingerprint density at radius 1 is 1.12 bits per heavy atom. The minimum atomic E-state index is -0.937. The number of carbonyl (C=O) groups is 2. The van der Waals surface area contributed by atoms with Gasteiger partial charge in [0.2, 0.25) is 11.8 Å². The van der Waals surface area contributed by atoms with Crippen molar-refractivity contribution in [2.45, 2.75) is 19.4 Å². The average molecular weight is 423 g/mol. The highest BCUT2D eigenvalue weighted by molar-refractivity contribution is 9.10. The lowest BCUT2D eigenvalue weighted by Crippen LogP contribution is -2.23. The number of oxazole rings is 1. The van der Waals surface area contributed by atoms with E-state index in [0.29, 0.717) is 23.1 Å². The van der Waals surface area contributed by atoms with E-state index in [2.05, 4.69) is 26.2 Å². The van der Waals surface area contributed by atoms with Crippen molar-refractivity contribution in [3.8, 4) is 0 Å². The number of hydrogen-bond donors (Lipinski definition) is 1. The van der Waals surface area contributed by atoms with Gasteiger partial charge in [0.15, 0.2) is 11.4 Å². The molecule has 0 fully saturated rings. The molecule has 0 bridgehead atoms. The van der Waals surface area contributed by atoms with Crippen LogP contribution in [0.2, 0.25) is 0 Å². The lowest BCUT2D eigenvalue weighted by molar-refractivity contribution is -0.121. The number of hydrogen-bond acceptors (Lipinski definition) is 4. The van der Waals surface area contributed by atoms with Gasteiger partial charge < -0.3 is 9.73 Å². The third-order valence-corrected chi connectivity index (χ3v) is 4.13. The molecule has 0 radical (unpaired) electrons. The van der Waals surface area contributed by atoms with Crippen molar-refractivity contribution in [1.29, 1.82) is 0 Å². The third-order valence-electron chi connectivity index (χ3n) is 3.64. The van der Waals surface area contributed by atoms with E-state index in [1.54, 1.807) is 12.1 Å². The molecule has 1 aromatic heterocycles. The standard InChI is InChI=1S/C18H13BrF2N2O3/c19-10-1-5-16-14(7-10)23-18(26-16)9-22-17(25)6-4-15(24)12-3-2-11(20)8-13(12)21/h1-3,5,7-8H,4,6,9H2,(H,22,25). The van der Waals surface area contributed by atoms with E-state index < -0.39 is 23.3 Å². The van der Waals surface area contributed by atoms with Crippen molar-refractivity contribution in [2.75, 3.05) is 0 Å². The van der Waals surface area contributed by atoms with Crippen LogP contribution in [0.25, 0.3) is 11.1 Å². The van der Waals surface area contributed by atoms with Crippen molar-refractivity contribution in [3.05, 3.63) is 64.0 Å². The van der Waals surface area contributed by atoms with Crippen LogP contribution in [-0.2, 0) is 11.3 Å². The van der Waals surface area contributed by atoms with Crippen molar-refractivity contribution in [1.82, 2.24) is 10.3 Å². The molecule has 0 saturated heterocycles. The van der Waals surface area contributed by atoms with Gasteiger partial charge in [-0.15, -0.1) is 0 Å². The van der Waals surface area contributed by atoms with Crippen LogP contribution in [0.1, 0.15) is 29.1 Å². The van der Waals surface area contributed by atoms with Crippen molar-refractivity contribution in [2.24, 2.45) is 0 Å². The van der Waals surface area contributed by atoms with Gasteiger partial charge >= 0.3 is 0 Å². The van der Waals surface area contributed by atoms with Gasteiger partial charge in [-0.3, -0.25) is 9.59 Å². The molecule has 0 atom stereocenters. The molecule has 5 nitrogen and oxygen atoms in total. The number of nitrogens with zero attached hydrogens (tertiary/aromatic N) is 1. The molecule has 3 rings (SSSR count). The van der Waals surface area contributed by atoms with E-state index in [9.17, 15) is 18.4 Å². The maximum Gasteiger partial charge on any atom is 0.220 e. The molecule has 3 aromatic rings. The predicted octanol–water partition coefficient (Wildman–Crippen LogP) is 4.15. The number of Topliss-reactive ketones (excluding diaryl/α,β-unsaturated/α-hetero) is 1. The molecule has 0 aliphatic heterocycles. The summed E-state index contributed by atoms with van der Waals surface area (Å²) in [7, 11) is 0. The molecule has 26 heavy (non-hydrogen) atoms. The fraction of sp³-hybridized carbons (Fsp3) is 0.167. The molecular weight excluding hydrogens is 410 g/mol. The molecule has 8 heteroatoms. The fourth-order valence-corrected chi connectivity index (χ4v) is 2.71. The Morgan fingerprint density at radius 2 is 1.92 bits per heavy atom. The summed E-state index contributed by atoms with van der Waals surface area (Å²) < 4.78 is 32.7. The SMILES string of the molecule is O=C(CCC(=O)c1ccc(F)cc1F)NCc1nc2cc(Br)ccc2o1. The van der Waals surface area contributed by atoms with Gasteiger partial charge in [0.25, 0.3) is 0 Å². The number of fused-ring (bicyclic) bond motifs is 1. The van der Waals surface area contributed by atoms with Gasteiger partial charge in [0, 0.05) is 23.4 Å². The number of rotatable bonds is 6. The molecule has 134 valence electrons. The normalized spacial score (nSPS) is 10.9. The van der Waals surface area contributed by atoms with E-state index >= 15 is 0 Å². The topological polar surface area (TPSA) is 72.2 Å². The Hall–Kier alpha value is -2.61. The minimum Gasteiger partial charge on any atom is -0.439 e. The second-order valence-electron chi connectivity index (χ2n) is 5.54. The lowest BCUT2D eigenvalue weighted by atomic mass is 10.1. The molecule has 0 saturated carbocycles. The van der Waals surface area contributed by atoms with Gasteiger partial charge in [-0.1, -0.05) is 15.9 Å². The van der Waals surface area contributed by atoms with Crippen LogP contribution in [0.5, 0.6) is 0 Å². The van der Waals surface area contributed by atoms with Crippen LogP contribution < -0.4 is 5.32 Å². The summed E-state index contributed by atoms with van der Waals surface area (Å²) in [6.07, 6.45) is -0.309. The summed E-state index contributed by atoms with van der Waals surface area (Å²) in [6, 6.07) is 8.08. The molecule has 1 heterocycles. The zero-order chi connectivity index (χ0) is 18.7. The number of nitrogens with one attached hydrogen (secondary N) is 1. The van der Waals surface area contributed by atoms with E-state index in [-0.39, 0.29) is 24.9 Å². The number of carbonyl (C=O) groups excluding carboxylic acids is 2. The highest BCUT2D eigenvalue weighted by Gasteiger charge is 2.15. The van der Waals surface area contributed by atoms with Crippen molar-refractivity contribution in [3.63, 3.8) is 0 Å². The number of amides is 1. The smallest absolute Gasteiger partial charge is 0.220 e. The number of aromatic nitrogens is 1. The van der Waals surface area contributed by atoms with E-state index in [4.69, 9.17) is 4.42 Å². The highest BCUT2D eigenvalue weighted by atomic mass is 79.9. The Kier molecular flexibility index (Phi) is 5.41. The first kappa shape index (κ1) is 18.2. The maximum atomic E-state index is 13.5. The first-order valence-electron chi connectivity index (χ1n) is 7.72. The van der Waals surface area contributed by atoms with E-state index in [1.807, 2.05) is 6.07 Å². The number of benzene rings is 2. The minimum absolute atomic E-state index is 0.0736. The number of halogens is 3. The fourth-order valence-electron chi connectivity index (χ4n) is 2.36. The first-order chi connectivity index (χ1) is 12.4. The van der Waals surface area contributed by atoms with Gasteiger partial charge in [-0.05, 0) is 30.3 Å². The predicted molar refractivity (Wildman–Crippen MR) is 93.5 cm³/mol. The Labute approximate surface area is 155 Å². The number of ketones is 1. The summed E-state index contributed by atoms with van der Waals surface area (Å²) in [5, 5.41) is 2.59. The average Bonchev–Trinajstić information content (AvgIpc) is 2.99. The largest absolute Gasteiger partial charge is 0.439 e. The lowest BCUT2D eigenvalue weighted by Gasteiger charge is -2.04.